The van der Waals surface area contributed by atoms with Crippen molar-refractivity contribution in [2.75, 3.05) is 19.7 Å². The Kier molecular flexibility index (Phi) is 6.72. The van der Waals surface area contributed by atoms with Crippen LogP contribution in [0.25, 0.3) is 0 Å². The average Bonchev–Trinajstić information content (AvgIpc) is 2.59. The van der Waals surface area contributed by atoms with E-state index in [1.165, 1.54) is 6.42 Å². The molecule has 4 heteroatoms. The Bertz CT molecular complexity index is 450. The number of hydrogen-bond donors (Lipinski definition) is 2. The van der Waals surface area contributed by atoms with Crippen LogP contribution in [0.5, 0.6) is 0 Å². The van der Waals surface area contributed by atoms with Gasteiger partial charge in [-0.3, -0.25) is 0 Å². The standard InChI is InChI=1S/C18H28N2O2/c1-2-15-8-6-12-20(14-15)18(22)19-17(11-7-13-21)16-9-4-3-5-10-16/h3-5,9-10,15,17,21H,2,6-8,11-14H2,1H3,(H,19,22). The van der Waals surface area contributed by atoms with Crippen LogP contribution in [0.2, 0.25) is 0 Å². The number of rotatable bonds is 6. The Morgan fingerprint density at radius 2 is 2.18 bits per heavy atom. The topological polar surface area (TPSA) is 52.6 Å². The maximum Gasteiger partial charge on any atom is 0.317 e. The third-order valence-corrected chi connectivity index (χ3v) is 4.53. The van der Waals surface area contributed by atoms with Gasteiger partial charge < -0.3 is 15.3 Å². The van der Waals surface area contributed by atoms with Crippen molar-refractivity contribution in [3.05, 3.63) is 35.9 Å². The zero-order valence-corrected chi connectivity index (χ0v) is 13.5. The molecule has 2 rings (SSSR count). The van der Waals surface area contributed by atoms with Gasteiger partial charge in [0.2, 0.25) is 0 Å². The summed E-state index contributed by atoms with van der Waals surface area (Å²) in [5.74, 6) is 0.632. The molecule has 1 heterocycles. The molecule has 1 aromatic carbocycles. The van der Waals surface area contributed by atoms with Gasteiger partial charge in [-0.2, -0.15) is 0 Å². The van der Waals surface area contributed by atoms with Gasteiger partial charge in [-0.25, -0.2) is 4.79 Å². The van der Waals surface area contributed by atoms with Gasteiger partial charge in [-0.1, -0.05) is 43.7 Å². The highest BCUT2D eigenvalue weighted by molar-refractivity contribution is 5.74. The van der Waals surface area contributed by atoms with E-state index in [2.05, 4.69) is 12.2 Å². The van der Waals surface area contributed by atoms with Crippen molar-refractivity contribution in [1.29, 1.82) is 0 Å². The number of benzene rings is 1. The number of carbonyl (C=O) groups is 1. The number of aliphatic hydroxyl groups excluding tert-OH is 1. The number of nitrogens with zero attached hydrogens (tertiary/aromatic N) is 1. The molecule has 1 aromatic rings. The zero-order valence-electron chi connectivity index (χ0n) is 13.5. The highest BCUT2D eigenvalue weighted by atomic mass is 16.3. The number of aliphatic hydroxyl groups is 1. The largest absolute Gasteiger partial charge is 0.396 e. The Labute approximate surface area is 133 Å². The Hall–Kier alpha value is -1.55. The van der Waals surface area contributed by atoms with Crippen molar-refractivity contribution < 1.29 is 9.90 Å². The highest BCUT2D eigenvalue weighted by Crippen LogP contribution is 2.22. The smallest absolute Gasteiger partial charge is 0.317 e. The Balaban J connectivity index is 1.98. The van der Waals surface area contributed by atoms with Gasteiger partial charge >= 0.3 is 6.03 Å². The van der Waals surface area contributed by atoms with Gasteiger partial charge in [0.1, 0.15) is 0 Å². The second kappa shape index (κ2) is 8.79. The van der Waals surface area contributed by atoms with Crippen LogP contribution in [0, 0.1) is 5.92 Å². The van der Waals surface area contributed by atoms with Crippen molar-refractivity contribution in [3.63, 3.8) is 0 Å². The van der Waals surface area contributed by atoms with E-state index < -0.39 is 0 Å². The highest BCUT2D eigenvalue weighted by Gasteiger charge is 2.24. The molecule has 2 amide bonds. The first-order valence-corrected chi connectivity index (χ1v) is 8.45. The van der Waals surface area contributed by atoms with Gasteiger partial charge in [0, 0.05) is 19.7 Å². The van der Waals surface area contributed by atoms with E-state index in [1.807, 2.05) is 35.2 Å². The van der Waals surface area contributed by atoms with Crippen LogP contribution in [0.1, 0.15) is 50.6 Å². The summed E-state index contributed by atoms with van der Waals surface area (Å²) >= 11 is 0. The normalized spacial score (nSPS) is 19.7. The summed E-state index contributed by atoms with van der Waals surface area (Å²) < 4.78 is 0. The van der Waals surface area contributed by atoms with E-state index in [9.17, 15) is 4.79 Å². The summed E-state index contributed by atoms with van der Waals surface area (Å²) in [7, 11) is 0. The van der Waals surface area contributed by atoms with Crippen molar-refractivity contribution in [2.24, 2.45) is 5.92 Å². The molecular weight excluding hydrogens is 276 g/mol. The number of urea groups is 1. The van der Waals surface area contributed by atoms with Crippen LogP contribution in [0.3, 0.4) is 0 Å². The number of hydrogen-bond acceptors (Lipinski definition) is 2. The van der Waals surface area contributed by atoms with E-state index in [1.54, 1.807) is 0 Å². The fraction of sp³-hybridized carbons (Fsp3) is 0.611. The average molecular weight is 304 g/mol. The lowest BCUT2D eigenvalue weighted by molar-refractivity contribution is 0.159. The summed E-state index contributed by atoms with van der Waals surface area (Å²) in [6.45, 7) is 4.06. The number of carbonyl (C=O) groups excluding carboxylic acids is 1. The molecule has 22 heavy (non-hydrogen) atoms. The molecular formula is C18H28N2O2. The number of likely N-dealkylation sites (tertiary alicyclic amines) is 1. The molecule has 0 radical (unpaired) electrons. The van der Waals surface area contributed by atoms with Crippen LogP contribution in [0.4, 0.5) is 4.79 Å². The molecule has 0 aromatic heterocycles. The second-order valence-corrected chi connectivity index (χ2v) is 6.14. The minimum atomic E-state index is -0.0251. The lowest BCUT2D eigenvalue weighted by atomic mass is 9.96. The first-order valence-electron chi connectivity index (χ1n) is 8.45. The predicted molar refractivity (Wildman–Crippen MR) is 88.6 cm³/mol. The predicted octanol–water partition coefficient (Wildman–Crippen LogP) is 3.33. The summed E-state index contributed by atoms with van der Waals surface area (Å²) in [5.41, 5.74) is 1.10. The van der Waals surface area contributed by atoms with Gasteiger partial charge in [0.05, 0.1) is 6.04 Å². The van der Waals surface area contributed by atoms with Crippen molar-refractivity contribution in [2.45, 2.75) is 45.1 Å². The van der Waals surface area contributed by atoms with Gasteiger partial charge in [0.15, 0.2) is 0 Å². The molecule has 2 unspecified atom stereocenters. The monoisotopic (exact) mass is 304 g/mol. The summed E-state index contributed by atoms with van der Waals surface area (Å²) in [6.07, 6.45) is 4.91. The van der Waals surface area contributed by atoms with Crippen LogP contribution in [0.15, 0.2) is 30.3 Å². The maximum absolute atomic E-state index is 12.6. The van der Waals surface area contributed by atoms with E-state index in [0.29, 0.717) is 12.3 Å². The third-order valence-electron chi connectivity index (χ3n) is 4.53. The molecule has 2 N–H and O–H groups in total. The van der Waals surface area contributed by atoms with Gasteiger partial charge in [-0.05, 0) is 37.2 Å². The fourth-order valence-electron chi connectivity index (χ4n) is 3.13. The van der Waals surface area contributed by atoms with Crippen molar-refractivity contribution in [3.8, 4) is 0 Å². The molecule has 0 spiro atoms. The van der Waals surface area contributed by atoms with Gasteiger partial charge in [0.25, 0.3) is 0 Å². The van der Waals surface area contributed by atoms with Crippen LogP contribution >= 0.6 is 0 Å². The Morgan fingerprint density at radius 1 is 1.41 bits per heavy atom. The summed E-state index contributed by atoms with van der Waals surface area (Å²) in [6, 6.07) is 10.0. The molecule has 1 fully saturated rings. The molecule has 2 atom stereocenters. The van der Waals surface area contributed by atoms with E-state index in [0.717, 1.165) is 37.9 Å². The van der Waals surface area contributed by atoms with E-state index in [4.69, 9.17) is 5.11 Å². The minimum absolute atomic E-state index is 0.0251. The van der Waals surface area contributed by atoms with Crippen molar-refractivity contribution in [1.82, 2.24) is 10.2 Å². The molecule has 0 bridgehead atoms. The van der Waals surface area contributed by atoms with E-state index in [-0.39, 0.29) is 18.7 Å². The van der Waals surface area contributed by atoms with Crippen molar-refractivity contribution >= 4 is 6.03 Å². The fourth-order valence-corrected chi connectivity index (χ4v) is 3.13. The third kappa shape index (κ3) is 4.73. The second-order valence-electron chi connectivity index (χ2n) is 6.14. The lowest BCUT2D eigenvalue weighted by Crippen LogP contribution is -2.46. The number of amides is 2. The molecule has 1 saturated heterocycles. The molecule has 0 saturated carbocycles. The molecule has 4 nitrogen and oxygen atoms in total. The lowest BCUT2D eigenvalue weighted by Gasteiger charge is -2.33. The Morgan fingerprint density at radius 3 is 2.86 bits per heavy atom. The number of piperidine rings is 1. The summed E-state index contributed by atoms with van der Waals surface area (Å²) in [4.78, 5) is 14.5. The SMILES string of the molecule is CCC1CCCN(C(=O)NC(CCCO)c2ccccc2)C1. The molecule has 122 valence electrons. The molecule has 1 aliphatic heterocycles. The van der Waals surface area contributed by atoms with E-state index >= 15 is 0 Å². The zero-order chi connectivity index (χ0) is 15.8. The van der Waals surface area contributed by atoms with Crippen LogP contribution in [-0.2, 0) is 0 Å². The van der Waals surface area contributed by atoms with Crippen LogP contribution in [-0.4, -0.2) is 35.7 Å². The first-order chi connectivity index (χ1) is 10.7. The summed E-state index contributed by atoms with van der Waals surface area (Å²) in [5, 5.41) is 12.2. The first kappa shape index (κ1) is 16.8. The molecule has 1 aliphatic rings. The maximum atomic E-state index is 12.6. The molecule has 0 aliphatic carbocycles. The van der Waals surface area contributed by atoms with Crippen LogP contribution < -0.4 is 5.32 Å². The number of nitrogens with one attached hydrogen (secondary N) is 1. The minimum Gasteiger partial charge on any atom is -0.396 e. The van der Waals surface area contributed by atoms with Gasteiger partial charge in [-0.15, -0.1) is 0 Å². The quantitative estimate of drug-likeness (QED) is 0.847.